The van der Waals surface area contributed by atoms with Gasteiger partial charge < -0.3 is 18.9 Å². The Morgan fingerprint density at radius 1 is 1.03 bits per heavy atom. The van der Waals surface area contributed by atoms with Crippen LogP contribution in [0, 0.1) is 0 Å². The second-order valence-corrected chi connectivity index (χ2v) is 9.31. The normalized spacial score (nSPS) is 15.3. The minimum atomic E-state index is -0.640. The minimum absolute atomic E-state index is 0.0430. The lowest BCUT2D eigenvalue weighted by atomic mass is 10.1. The molecule has 3 aromatic carbocycles. The van der Waals surface area contributed by atoms with Gasteiger partial charge in [-0.1, -0.05) is 27.5 Å². The molecule has 2 aliphatic heterocycles. The van der Waals surface area contributed by atoms with Gasteiger partial charge in [0.15, 0.2) is 22.9 Å². The molecule has 2 aliphatic rings. The lowest BCUT2D eigenvalue weighted by Crippen LogP contribution is -2.10. The zero-order valence-electron chi connectivity index (χ0n) is 17.0. The van der Waals surface area contributed by atoms with Gasteiger partial charge in [-0.2, -0.15) is 0 Å². The van der Waals surface area contributed by atoms with Crippen molar-refractivity contribution in [3.63, 3.8) is 0 Å². The molecule has 0 spiro atoms. The van der Waals surface area contributed by atoms with Gasteiger partial charge in [0.2, 0.25) is 12.7 Å². The summed E-state index contributed by atoms with van der Waals surface area (Å²) in [5, 5.41) is 0.502. The molecule has 0 unspecified atom stereocenters. The Kier molecular flexibility index (Phi) is 6.16. The second-order valence-electron chi connectivity index (χ2n) is 7.11. The number of cyclic esters (lactones) is 1. The maximum absolute atomic E-state index is 12.7. The van der Waals surface area contributed by atoms with Gasteiger partial charge in [0.25, 0.3) is 0 Å². The highest BCUT2D eigenvalue weighted by molar-refractivity contribution is 9.11. The first-order valence-corrected chi connectivity index (χ1v) is 11.7. The standard InChI is InChI=1S/C24H12Br2ClNO6/c25-15-7-14(21(17(26)10-15)33-23(29)12-1-4-16(27)5-2-12)8-18-24(30)34-22(28-18)13-3-6-19-20(9-13)32-11-31-19/h1-10H,11H2/b18-8+. The van der Waals surface area contributed by atoms with E-state index in [-0.39, 0.29) is 24.1 Å². The molecule has 34 heavy (non-hydrogen) atoms. The minimum Gasteiger partial charge on any atom is -0.454 e. The number of rotatable bonds is 4. The Morgan fingerprint density at radius 2 is 1.79 bits per heavy atom. The number of benzene rings is 3. The molecule has 2 heterocycles. The molecule has 0 amide bonds. The number of carbonyl (C=O) groups is 2. The summed E-state index contributed by atoms with van der Waals surface area (Å²) >= 11 is 12.7. The molecular weight excluding hydrogens is 594 g/mol. The van der Waals surface area contributed by atoms with Crippen LogP contribution in [0.15, 0.2) is 74.2 Å². The summed E-state index contributed by atoms with van der Waals surface area (Å²) in [5.74, 6) is 0.270. The monoisotopic (exact) mass is 603 g/mol. The number of aliphatic imine (C=N–C) groups is 1. The van der Waals surface area contributed by atoms with Crippen LogP contribution in [0.4, 0.5) is 0 Å². The Morgan fingerprint density at radius 3 is 2.59 bits per heavy atom. The van der Waals surface area contributed by atoms with Gasteiger partial charge in [-0.15, -0.1) is 0 Å². The Balaban J connectivity index is 1.48. The highest BCUT2D eigenvalue weighted by Crippen LogP contribution is 2.37. The van der Waals surface area contributed by atoms with Crippen LogP contribution in [-0.2, 0) is 9.53 Å². The fourth-order valence-electron chi connectivity index (χ4n) is 3.24. The first kappa shape index (κ1) is 22.6. The Bertz CT molecular complexity index is 1400. The molecule has 0 saturated heterocycles. The van der Waals surface area contributed by atoms with Crippen molar-refractivity contribution in [1.82, 2.24) is 0 Å². The predicted octanol–water partition coefficient (Wildman–Crippen LogP) is 6.16. The van der Waals surface area contributed by atoms with E-state index in [1.807, 2.05) is 0 Å². The van der Waals surface area contributed by atoms with Crippen LogP contribution >= 0.6 is 43.5 Å². The smallest absolute Gasteiger partial charge is 0.363 e. The van der Waals surface area contributed by atoms with Gasteiger partial charge in [0.1, 0.15) is 0 Å². The van der Waals surface area contributed by atoms with E-state index in [1.54, 1.807) is 54.6 Å². The summed E-state index contributed by atoms with van der Waals surface area (Å²) < 4.78 is 22.9. The van der Waals surface area contributed by atoms with Crippen molar-refractivity contribution < 1.29 is 28.5 Å². The molecule has 0 aromatic heterocycles. The zero-order valence-corrected chi connectivity index (χ0v) is 20.9. The number of hydrogen-bond acceptors (Lipinski definition) is 7. The number of esters is 2. The zero-order chi connectivity index (χ0) is 23.8. The third kappa shape index (κ3) is 4.59. The highest BCUT2D eigenvalue weighted by Gasteiger charge is 2.27. The maximum Gasteiger partial charge on any atom is 0.363 e. The fourth-order valence-corrected chi connectivity index (χ4v) is 4.71. The van der Waals surface area contributed by atoms with Crippen molar-refractivity contribution in [3.8, 4) is 17.2 Å². The lowest BCUT2D eigenvalue weighted by Gasteiger charge is -2.11. The van der Waals surface area contributed by atoms with E-state index in [2.05, 4.69) is 36.9 Å². The average molecular weight is 606 g/mol. The Hall–Kier alpha value is -3.14. The van der Waals surface area contributed by atoms with Crippen LogP contribution in [0.1, 0.15) is 21.5 Å². The van der Waals surface area contributed by atoms with Crippen LogP contribution in [0.2, 0.25) is 5.02 Å². The quantitative estimate of drug-likeness (QED) is 0.201. The van der Waals surface area contributed by atoms with E-state index in [0.29, 0.717) is 42.2 Å². The van der Waals surface area contributed by atoms with E-state index < -0.39 is 11.9 Å². The summed E-state index contributed by atoms with van der Waals surface area (Å²) in [5.41, 5.74) is 1.36. The molecule has 0 aliphatic carbocycles. The van der Waals surface area contributed by atoms with Crippen molar-refractivity contribution >= 4 is 67.4 Å². The van der Waals surface area contributed by atoms with Crippen LogP contribution in [0.3, 0.4) is 0 Å². The highest BCUT2D eigenvalue weighted by atomic mass is 79.9. The lowest BCUT2D eigenvalue weighted by molar-refractivity contribution is -0.129. The van der Waals surface area contributed by atoms with Crippen molar-refractivity contribution in [1.29, 1.82) is 0 Å². The number of halogens is 3. The number of ether oxygens (including phenoxy) is 4. The van der Waals surface area contributed by atoms with Gasteiger partial charge in [-0.05, 0) is 76.6 Å². The SMILES string of the molecule is O=C1OC(c2ccc3c(c2)OCO3)=N/C1=C/c1cc(Br)cc(Br)c1OC(=O)c1ccc(Cl)cc1. The summed E-state index contributed by atoms with van der Waals surface area (Å²) in [6.45, 7) is 0.130. The van der Waals surface area contributed by atoms with Crippen molar-refractivity contribution in [2.45, 2.75) is 0 Å². The average Bonchev–Trinajstić information content (AvgIpc) is 3.42. The van der Waals surface area contributed by atoms with Crippen LogP contribution < -0.4 is 14.2 Å². The molecule has 7 nitrogen and oxygen atoms in total. The van der Waals surface area contributed by atoms with Crippen molar-refractivity contribution in [2.75, 3.05) is 6.79 Å². The maximum atomic E-state index is 12.7. The van der Waals surface area contributed by atoms with E-state index in [4.69, 9.17) is 30.5 Å². The van der Waals surface area contributed by atoms with Crippen LogP contribution in [0.5, 0.6) is 17.2 Å². The molecule has 10 heteroatoms. The third-order valence-electron chi connectivity index (χ3n) is 4.84. The van der Waals surface area contributed by atoms with Gasteiger partial charge in [-0.3, -0.25) is 0 Å². The van der Waals surface area contributed by atoms with Gasteiger partial charge in [0, 0.05) is 20.6 Å². The fraction of sp³-hybridized carbons (Fsp3) is 0.0417. The van der Waals surface area contributed by atoms with Crippen LogP contribution in [0.25, 0.3) is 6.08 Å². The van der Waals surface area contributed by atoms with Crippen molar-refractivity contribution in [2.24, 2.45) is 4.99 Å². The van der Waals surface area contributed by atoms with Gasteiger partial charge in [0.05, 0.1) is 10.0 Å². The number of fused-ring (bicyclic) bond motifs is 1. The molecule has 0 radical (unpaired) electrons. The first-order chi connectivity index (χ1) is 16.4. The molecule has 0 atom stereocenters. The molecule has 5 rings (SSSR count). The molecule has 0 N–H and O–H groups in total. The van der Waals surface area contributed by atoms with Crippen LogP contribution in [-0.4, -0.2) is 24.6 Å². The second kappa shape index (κ2) is 9.25. The molecule has 0 saturated carbocycles. The summed E-state index contributed by atoms with van der Waals surface area (Å²) in [7, 11) is 0. The summed E-state index contributed by atoms with van der Waals surface area (Å²) in [6.07, 6.45) is 1.49. The van der Waals surface area contributed by atoms with E-state index in [1.165, 1.54) is 6.08 Å². The molecule has 0 fully saturated rings. The topological polar surface area (TPSA) is 83.4 Å². The van der Waals surface area contributed by atoms with Crippen molar-refractivity contribution in [3.05, 3.63) is 91.0 Å². The molecular formula is C24H12Br2ClNO6. The third-order valence-corrected chi connectivity index (χ3v) is 6.14. The van der Waals surface area contributed by atoms with E-state index in [9.17, 15) is 9.59 Å². The van der Waals surface area contributed by atoms with Gasteiger partial charge in [-0.25, -0.2) is 14.6 Å². The molecule has 170 valence electrons. The number of nitrogens with zero attached hydrogens (tertiary/aromatic N) is 1. The largest absolute Gasteiger partial charge is 0.454 e. The summed E-state index contributed by atoms with van der Waals surface area (Å²) in [4.78, 5) is 29.6. The molecule has 0 bridgehead atoms. The summed E-state index contributed by atoms with van der Waals surface area (Å²) in [6, 6.07) is 14.9. The molecule has 3 aromatic rings. The Labute approximate surface area is 215 Å². The number of carbonyl (C=O) groups excluding carboxylic acids is 2. The van der Waals surface area contributed by atoms with E-state index >= 15 is 0 Å². The number of hydrogen-bond donors (Lipinski definition) is 0. The van der Waals surface area contributed by atoms with Gasteiger partial charge >= 0.3 is 11.9 Å². The van der Waals surface area contributed by atoms with E-state index in [0.717, 1.165) is 0 Å². The predicted molar refractivity (Wildman–Crippen MR) is 131 cm³/mol. The first-order valence-electron chi connectivity index (χ1n) is 9.77.